The summed E-state index contributed by atoms with van der Waals surface area (Å²) < 4.78 is 5.50. The molecule has 0 bridgehead atoms. The Kier molecular flexibility index (Phi) is 3.71. The van der Waals surface area contributed by atoms with E-state index in [0.29, 0.717) is 6.04 Å². The number of hydrogen-bond acceptors (Lipinski definition) is 4. The maximum atomic E-state index is 5.50. The third kappa shape index (κ3) is 3.25. The Morgan fingerprint density at radius 2 is 2.26 bits per heavy atom. The lowest BCUT2D eigenvalue weighted by atomic mass is 10.2. The van der Waals surface area contributed by atoms with Gasteiger partial charge in [0.25, 0.3) is 0 Å². The van der Waals surface area contributed by atoms with Crippen molar-refractivity contribution in [3.8, 4) is 0 Å². The lowest BCUT2D eigenvalue weighted by Gasteiger charge is -2.34. The van der Waals surface area contributed by atoms with Crippen LogP contribution in [0.15, 0.2) is 12.1 Å². The molecule has 0 aromatic carbocycles. The van der Waals surface area contributed by atoms with E-state index in [2.05, 4.69) is 36.2 Å². The lowest BCUT2D eigenvalue weighted by molar-refractivity contribution is 0.0985. The summed E-state index contributed by atoms with van der Waals surface area (Å²) in [7, 11) is 0. The molecule has 1 aromatic rings. The number of aromatic nitrogens is 1. The molecule has 19 heavy (non-hydrogen) atoms. The van der Waals surface area contributed by atoms with Gasteiger partial charge in [-0.25, -0.2) is 4.98 Å². The van der Waals surface area contributed by atoms with Crippen molar-refractivity contribution in [2.45, 2.75) is 45.3 Å². The highest BCUT2D eigenvalue weighted by Crippen LogP contribution is 2.22. The SMILES string of the molecule is Cc1cc(CNC2CC2)cc(N2CCOCC2C)n1. The first-order valence-electron chi connectivity index (χ1n) is 7.28. The van der Waals surface area contributed by atoms with Crippen molar-refractivity contribution in [2.24, 2.45) is 0 Å². The van der Waals surface area contributed by atoms with Crippen molar-refractivity contribution in [1.29, 1.82) is 0 Å². The molecule has 2 fully saturated rings. The topological polar surface area (TPSA) is 37.4 Å². The zero-order valence-electron chi connectivity index (χ0n) is 11.9. The van der Waals surface area contributed by atoms with E-state index >= 15 is 0 Å². The van der Waals surface area contributed by atoms with Gasteiger partial charge in [0.15, 0.2) is 0 Å². The van der Waals surface area contributed by atoms with Crippen LogP contribution >= 0.6 is 0 Å². The van der Waals surface area contributed by atoms with Crippen molar-refractivity contribution >= 4 is 5.82 Å². The van der Waals surface area contributed by atoms with E-state index in [4.69, 9.17) is 9.72 Å². The minimum Gasteiger partial charge on any atom is -0.377 e. The normalized spacial score (nSPS) is 23.7. The van der Waals surface area contributed by atoms with Gasteiger partial charge < -0.3 is 15.0 Å². The first kappa shape index (κ1) is 12.9. The van der Waals surface area contributed by atoms with Gasteiger partial charge in [-0.15, -0.1) is 0 Å². The van der Waals surface area contributed by atoms with E-state index < -0.39 is 0 Å². The average Bonchev–Trinajstić information content (AvgIpc) is 3.20. The third-order valence-corrected chi connectivity index (χ3v) is 3.83. The van der Waals surface area contributed by atoms with Gasteiger partial charge >= 0.3 is 0 Å². The van der Waals surface area contributed by atoms with Gasteiger partial charge in [0, 0.05) is 24.8 Å². The van der Waals surface area contributed by atoms with Crippen LogP contribution in [0.25, 0.3) is 0 Å². The number of rotatable bonds is 4. The number of nitrogens with zero attached hydrogens (tertiary/aromatic N) is 2. The summed E-state index contributed by atoms with van der Waals surface area (Å²) in [6, 6.07) is 5.57. The Morgan fingerprint density at radius 3 is 3.00 bits per heavy atom. The van der Waals surface area contributed by atoms with E-state index in [-0.39, 0.29) is 0 Å². The summed E-state index contributed by atoms with van der Waals surface area (Å²) >= 11 is 0. The zero-order chi connectivity index (χ0) is 13.2. The van der Waals surface area contributed by atoms with E-state index in [1.165, 1.54) is 18.4 Å². The minimum atomic E-state index is 0.410. The van der Waals surface area contributed by atoms with Crippen molar-refractivity contribution in [3.63, 3.8) is 0 Å². The lowest BCUT2D eigenvalue weighted by Crippen LogP contribution is -2.44. The molecule has 1 aromatic heterocycles. The summed E-state index contributed by atoms with van der Waals surface area (Å²) in [5.41, 5.74) is 2.44. The molecule has 2 aliphatic rings. The number of aryl methyl sites for hydroxylation is 1. The zero-order valence-corrected chi connectivity index (χ0v) is 11.9. The Bertz CT molecular complexity index is 445. The van der Waals surface area contributed by atoms with Gasteiger partial charge in [0.1, 0.15) is 5.82 Å². The van der Waals surface area contributed by atoms with E-state index in [0.717, 1.165) is 43.9 Å². The molecule has 1 aliphatic carbocycles. The molecular formula is C15H23N3O. The molecule has 0 spiro atoms. The Balaban J connectivity index is 1.75. The highest BCUT2D eigenvalue weighted by Gasteiger charge is 2.22. The molecule has 1 aliphatic heterocycles. The molecule has 1 saturated heterocycles. The molecule has 104 valence electrons. The standard InChI is InChI=1S/C15H23N3O/c1-11-7-13(9-16-14-3-4-14)8-15(17-11)18-5-6-19-10-12(18)2/h7-8,12,14,16H,3-6,9-10H2,1-2H3. The van der Waals surface area contributed by atoms with E-state index in [1.54, 1.807) is 0 Å². The summed E-state index contributed by atoms with van der Waals surface area (Å²) in [6.45, 7) is 7.77. The third-order valence-electron chi connectivity index (χ3n) is 3.83. The number of hydrogen-bond donors (Lipinski definition) is 1. The molecule has 3 rings (SSSR count). The molecule has 2 heterocycles. The maximum absolute atomic E-state index is 5.50. The van der Waals surface area contributed by atoms with Crippen LogP contribution in [0.5, 0.6) is 0 Å². The van der Waals surface area contributed by atoms with Gasteiger partial charge in [0.05, 0.1) is 19.3 Å². The Labute approximate surface area is 115 Å². The van der Waals surface area contributed by atoms with Crippen LogP contribution in [0.1, 0.15) is 31.0 Å². The van der Waals surface area contributed by atoms with Crippen molar-refractivity contribution in [1.82, 2.24) is 10.3 Å². The molecule has 0 amide bonds. The van der Waals surface area contributed by atoms with Crippen LogP contribution in [0, 0.1) is 6.92 Å². The van der Waals surface area contributed by atoms with Crippen LogP contribution in [0.2, 0.25) is 0 Å². The number of pyridine rings is 1. The predicted octanol–water partition coefficient (Wildman–Crippen LogP) is 1.87. The van der Waals surface area contributed by atoms with E-state index in [9.17, 15) is 0 Å². The van der Waals surface area contributed by atoms with Gasteiger partial charge in [-0.05, 0) is 44.4 Å². The number of anilines is 1. The second-order valence-corrected chi connectivity index (χ2v) is 5.75. The van der Waals surface area contributed by atoms with Crippen LogP contribution in [-0.4, -0.2) is 36.8 Å². The number of morpholine rings is 1. The van der Waals surface area contributed by atoms with Crippen molar-refractivity contribution < 1.29 is 4.74 Å². The molecule has 0 radical (unpaired) electrons. The number of nitrogens with one attached hydrogen (secondary N) is 1. The Morgan fingerprint density at radius 1 is 1.42 bits per heavy atom. The maximum Gasteiger partial charge on any atom is 0.129 e. The summed E-state index contributed by atoms with van der Waals surface area (Å²) in [6.07, 6.45) is 2.66. The molecule has 1 unspecified atom stereocenters. The van der Waals surface area contributed by atoms with Gasteiger partial charge in [-0.3, -0.25) is 0 Å². The Hall–Kier alpha value is -1.13. The molecule has 1 N–H and O–H groups in total. The van der Waals surface area contributed by atoms with Crippen LogP contribution in [0.3, 0.4) is 0 Å². The summed E-state index contributed by atoms with van der Waals surface area (Å²) in [4.78, 5) is 7.05. The van der Waals surface area contributed by atoms with Gasteiger partial charge in [-0.2, -0.15) is 0 Å². The fraction of sp³-hybridized carbons (Fsp3) is 0.667. The smallest absolute Gasteiger partial charge is 0.129 e. The molecular weight excluding hydrogens is 238 g/mol. The monoisotopic (exact) mass is 261 g/mol. The average molecular weight is 261 g/mol. The number of ether oxygens (including phenoxy) is 1. The fourth-order valence-corrected chi connectivity index (χ4v) is 2.59. The van der Waals surface area contributed by atoms with Crippen LogP contribution < -0.4 is 10.2 Å². The molecule has 1 atom stereocenters. The first-order valence-corrected chi connectivity index (χ1v) is 7.28. The summed E-state index contributed by atoms with van der Waals surface area (Å²) in [5.74, 6) is 1.10. The minimum absolute atomic E-state index is 0.410. The van der Waals surface area contributed by atoms with Crippen molar-refractivity contribution in [3.05, 3.63) is 23.4 Å². The van der Waals surface area contributed by atoms with Crippen LogP contribution in [0.4, 0.5) is 5.82 Å². The highest BCUT2D eigenvalue weighted by atomic mass is 16.5. The largest absolute Gasteiger partial charge is 0.377 e. The fourth-order valence-electron chi connectivity index (χ4n) is 2.59. The highest BCUT2D eigenvalue weighted by molar-refractivity contribution is 5.44. The van der Waals surface area contributed by atoms with E-state index in [1.807, 2.05) is 0 Å². The van der Waals surface area contributed by atoms with Gasteiger partial charge in [0.2, 0.25) is 0 Å². The second-order valence-electron chi connectivity index (χ2n) is 5.75. The quantitative estimate of drug-likeness (QED) is 0.898. The second kappa shape index (κ2) is 5.47. The molecule has 4 nitrogen and oxygen atoms in total. The summed E-state index contributed by atoms with van der Waals surface area (Å²) in [5, 5.41) is 3.57. The predicted molar refractivity (Wildman–Crippen MR) is 76.5 cm³/mol. The molecule has 4 heteroatoms. The van der Waals surface area contributed by atoms with Gasteiger partial charge in [-0.1, -0.05) is 0 Å². The van der Waals surface area contributed by atoms with Crippen LogP contribution in [-0.2, 0) is 11.3 Å². The first-order chi connectivity index (χ1) is 9.22. The molecule has 1 saturated carbocycles. The van der Waals surface area contributed by atoms with Crippen molar-refractivity contribution in [2.75, 3.05) is 24.7 Å².